The number of nitrogens with zero attached hydrogens (tertiary/aromatic N) is 1. The van der Waals surface area contributed by atoms with E-state index in [-0.39, 0.29) is 0 Å². The van der Waals surface area contributed by atoms with E-state index in [1.165, 1.54) is 31.6 Å². The third kappa shape index (κ3) is 2.94. The van der Waals surface area contributed by atoms with Crippen molar-refractivity contribution in [3.05, 3.63) is 22.8 Å². The molecule has 1 aliphatic rings. The van der Waals surface area contributed by atoms with Crippen LogP contribution in [0.15, 0.2) is 22.8 Å². The van der Waals surface area contributed by atoms with Gasteiger partial charge in [-0.05, 0) is 50.4 Å². The van der Waals surface area contributed by atoms with Crippen LogP contribution in [0.4, 0.5) is 0 Å². The third-order valence-electron chi connectivity index (χ3n) is 3.80. The largest absolute Gasteiger partial charge is 0.304 e. The average molecular weight is 207 g/mol. The van der Waals surface area contributed by atoms with Crippen molar-refractivity contribution in [1.29, 1.82) is 0 Å². The molecular formula is C14H25N. The molecule has 15 heavy (non-hydrogen) atoms. The summed E-state index contributed by atoms with van der Waals surface area (Å²) in [7, 11) is 0. The van der Waals surface area contributed by atoms with E-state index in [1.54, 1.807) is 11.1 Å². The second kappa shape index (κ2) is 5.50. The van der Waals surface area contributed by atoms with Gasteiger partial charge in [-0.1, -0.05) is 32.4 Å². The van der Waals surface area contributed by atoms with E-state index < -0.39 is 0 Å². The van der Waals surface area contributed by atoms with Crippen LogP contribution in [0.2, 0.25) is 0 Å². The Balaban J connectivity index is 2.51. The highest BCUT2D eigenvalue weighted by atomic mass is 15.1. The molecular weight excluding hydrogens is 182 g/mol. The Morgan fingerprint density at radius 1 is 1.20 bits per heavy atom. The van der Waals surface area contributed by atoms with Crippen molar-refractivity contribution in [3.63, 3.8) is 0 Å². The van der Waals surface area contributed by atoms with E-state index in [2.05, 4.69) is 45.6 Å². The van der Waals surface area contributed by atoms with Gasteiger partial charge in [0.15, 0.2) is 0 Å². The summed E-state index contributed by atoms with van der Waals surface area (Å²) in [6.45, 7) is 14.8. The molecule has 0 radical (unpaired) electrons. The molecule has 0 aromatic carbocycles. The topological polar surface area (TPSA) is 3.24 Å². The average Bonchev–Trinajstić information content (AvgIpc) is 2.48. The zero-order valence-electron chi connectivity index (χ0n) is 10.9. The van der Waals surface area contributed by atoms with Crippen molar-refractivity contribution in [1.82, 2.24) is 4.90 Å². The summed E-state index contributed by atoms with van der Waals surface area (Å²) in [4.78, 5) is 2.49. The molecule has 0 aromatic heterocycles. The zero-order chi connectivity index (χ0) is 11.4. The summed E-state index contributed by atoms with van der Waals surface area (Å²) < 4.78 is 0. The van der Waals surface area contributed by atoms with E-state index >= 15 is 0 Å². The predicted octanol–water partition coefficient (Wildman–Crippen LogP) is 3.63. The van der Waals surface area contributed by atoms with Crippen LogP contribution < -0.4 is 0 Å². The second-order valence-corrected chi connectivity index (χ2v) is 4.57. The fourth-order valence-electron chi connectivity index (χ4n) is 2.24. The van der Waals surface area contributed by atoms with Crippen LogP contribution in [0.5, 0.6) is 0 Å². The molecule has 1 atom stereocenters. The first kappa shape index (κ1) is 12.5. The van der Waals surface area contributed by atoms with Gasteiger partial charge in [0.2, 0.25) is 0 Å². The Hall–Kier alpha value is -0.560. The van der Waals surface area contributed by atoms with Crippen molar-refractivity contribution < 1.29 is 0 Å². The molecule has 0 aromatic rings. The van der Waals surface area contributed by atoms with Crippen molar-refractivity contribution in [3.8, 4) is 0 Å². The van der Waals surface area contributed by atoms with Gasteiger partial charge in [0.1, 0.15) is 0 Å². The molecule has 1 nitrogen and oxygen atoms in total. The quantitative estimate of drug-likeness (QED) is 0.665. The number of allylic oxidation sites excluding steroid dienone is 3. The maximum absolute atomic E-state index is 2.49. The molecule has 0 aliphatic heterocycles. The SMILES string of the molecule is CCN(CC)CCC1=CC(C)C(C)=C1C. The predicted molar refractivity (Wildman–Crippen MR) is 68.0 cm³/mol. The van der Waals surface area contributed by atoms with Crippen LogP contribution in [0.25, 0.3) is 0 Å². The van der Waals surface area contributed by atoms with E-state index in [4.69, 9.17) is 0 Å². The Morgan fingerprint density at radius 2 is 1.80 bits per heavy atom. The Morgan fingerprint density at radius 3 is 2.20 bits per heavy atom. The monoisotopic (exact) mass is 207 g/mol. The highest BCUT2D eigenvalue weighted by Crippen LogP contribution is 2.31. The molecule has 0 heterocycles. The fourth-order valence-corrected chi connectivity index (χ4v) is 2.24. The van der Waals surface area contributed by atoms with Gasteiger partial charge >= 0.3 is 0 Å². The zero-order valence-corrected chi connectivity index (χ0v) is 10.9. The van der Waals surface area contributed by atoms with Gasteiger partial charge in [-0.3, -0.25) is 0 Å². The minimum Gasteiger partial charge on any atom is -0.304 e. The molecule has 86 valence electrons. The molecule has 0 saturated carbocycles. The van der Waals surface area contributed by atoms with Crippen LogP contribution in [-0.2, 0) is 0 Å². The molecule has 0 amide bonds. The number of hydrogen-bond donors (Lipinski definition) is 0. The lowest BCUT2D eigenvalue weighted by Gasteiger charge is -2.18. The third-order valence-corrected chi connectivity index (χ3v) is 3.80. The Bertz CT molecular complexity index is 269. The lowest BCUT2D eigenvalue weighted by Crippen LogP contribution is -2.24. The van der Waals surface area contributed by atoms with Crippen LogP contribution >= 0.6 is 0 Å². The van der Waals surface area contributed by atoms with Crippen molar-refractivity contribution in [2.45, 2.75) is 41.0 Å². The lowest BCUT2D eigenvalue weighted by atomic mass is 10.0. The summed E-state index contributed by atoms with van der Waals surface area (Å²) in [6.07, 6.45) is 3.66. The van der Waals surface area contributed by atoms with E-state index in [0.29, 0.717) is 5.92 Å². The van der Waals surface area contributed by atoms with Gasteiger partial charge < -0.3 is 4.90 Å². The minimum absolute atomic E-state index is 0.664. The molecule has 0 saturated heterocycles. The lowest BCUT2D eigenvalue weighted by molar-refractivity contribution is 0.308. The van der Waals surface area contributed by atoms with Crippen LogP contribution in [0.1, 0.15) is 41.0 Å². The van der Waals surface area contributed by atoms with Gasteiger partial charge in [-0.15, -0.1) is 0 Å². The highest BCUT2D eigenvalue weighted by Gasteiger charge is 2.16. The van der Waals surface area contributed by atoms with Gasteiger partial charge in [0, 0.05) is 6.54 Å². The van der Waals surface area contributed by atoms with Crippen molar-refractivity contribution in [2.24, 2.45) is 5.92 Å². The highest BCUT2D eigenvalue weighted by molar-refractivity contribution is 5.42. The summed E-state index contributed by atoms with van der Waals surface area (Å²) in [5, 5.41) is 0. The summed E-state index contributed by atoms with van der Waals surface area (Å²) in [5.41, 5.74) is 4.67. The Kier molecular flexibility index (Phi) is 4.59. The molecule has 1 unspecified atom stereocenters. The van der Waals surface area contributed by atoms with E-state index in [0.717, 1.165) is 0 Å². The van der Waals surface area contributed by atoms with Gasteiger partial charge in [0.05, 0.1) is 0 Å². The second-order valence-electron chi connectivity index (χ2n) is 4.57. The first-order chi connectivity index (χ1) is 7.10. The summed E-state index contributed by atoms with van der Waals surface area (Å²) in [5.74, 6) is 0.664. The normalized spacial score (nSPS) is 21.5. The van der Waals surface area contributed by atoms with Crippen LogP contribution in [0, 0.1) is 5.92 Å². The fraction of sp³-hybridized carbons (Fsp3) is 0.714. The molecule has 1 rings (SSSR count). The van der Waals surface area contributed by atoms with Crippen molar-refractivity contribution in [2.75, 3.05) is 19.6 Å². The molecule has 0 N–H and O–H groups in total. The number of rotatable bonds is 5. The number of hydrogen-bond acceptors (Lipinski definition) is 1. The van der Waals surface area contributed by atoms with Crippen LogP contribution in [-0.4, -0.2) is 24.5 Å². The van der Waals surface area contributed by atoms with E-state index in [1.807, 2.05) is 0 Å². The molecule has 0 fully saturated rings. The minimum atomic E-state index is 0.664. The standard InChI is InChI=1S/C14H25N/c1-6-15(7-2)9-8-14-10-11(3)12(4)13(14)5/h10-11H,6-9H2,1-5H3. The summed E-state index contributed by atoms with van der Waals surface area (Å²) >= 11 is 0. The van der Waals surface area contributed by atoms with Crippen LogP contribution in [0.3, 0.4) is 0 Å². The summed E-state index contributed by atoms with van der Waals surface area (Å²) in [6, 6.07) is 0. The first-order valence-electron chi connectivity index (χ1n) is 6.20. The first-order valence-corrected chi connectivity index (χ1v) is 6.20. The van der Waals surface area contributed by atoms with Gasteiger partial charge in [-0.25, -0.2) is 0 Å². The molecule has 1 aliphatic carbocycles. The Labute approximate surface area is 94.9 Å². The van der Waals surface area contributed by atoms with Crippen molar-refractivity contribution >= 4 is 0 Å². The van der Waals surface area contributed by atoms with E-state index in [9.17, 15) is 0 Å². The van der Waals surface area contributed by atoms with Gasteiger partial charge in [0.25, 0.3) is 0 Å². The molecule has 0 bridgehead atoms. The van der Waals surface area contributed by atoms with Gasteiger partial charge in [-0.2, -0.15) is 0 Å². The maximum Gasteiger partial charge on any atom is 0.00216 e. The smallest absolute Gasteiger partial charge is 0.00216 e. The molecule has 1 heteroatoms. The molecule has 0 spiro atoms. The maximum atomic E-state index is 2.49.